The monoisotopic (exact) mass is 574 g/mol. The molecule has 8 N–H and O–H groups in total. The Morgan fingerprint density at radius 2 is 2.07 bits per heavy atom. The number of nitriles is 1. The van der Waals surface area contributed by atoms with E-state index in [4.69, 9.17) is 11.5 Å². The number of aliphatic hydroxyl groups excluding tert-OH is 1. The van der Waals surface area contributed by atoms with Crippen molar-refractivity contribution in [3.63, 3.8) is 0 Å². The maximum Gasteiger partial charge on any atom is 0.248 e. The summed E-state index contributed by atoms with van der Waals surface area (Å²) in [6.45, 7) is 6.28. The van der Waals surface area contributed by atoms with Crippen LogP contribution in [0, 0.1) is 35.0 Å². The molecule has 0 bridgehead atoms. The zero-order valence-corrected chi connectivity index (χ0v) is 24.2. The van der Waals surface area contributed by atoms with Crippen LogP contribution >= 0.6 is 0 Å². The largest absolute Gasteiger partial charge is 0.402 e. The second-order valence-corrected chi connectivity index (χ2v) is 13.0. The van der Waals surface area contributed by atoms with Crippen LogP contribution in [0.5, 0.6) is 0 Å². The van der Waals surface area contributed by atoms with Crippen LogP contribution in [0.15, 0.2) is 35.5 Å². The quantitative estimate of drug-likeness (QED) is 0.267. The lowest BCUT2D eigenvalue weighted by Gasteiger charge is -2.48. The summed E-state index contributed by atoms with van der Waals surface area (Å²) in [4.78, 5) is 31.9. The number of likely N-dealkylation sites (tertiary alicyclic amines) is 1. The van der Waals surface area contributed by atoms with Gasteiger partial charge in [0.2, 0.25) is 18.2 Å². The molecule has 3 fully saturated rings. The van der Waals surface area contributed by atoms with E-state index in [1.807, 2.05) is 12.1 Å². The number of nitrogens with zero attached hydrogens (tertiary/aromatic N) is 3. The first-order chi connectivity index (χ1) is 20.1. The number of benzene rings is 1. The van der Waals surface area contributed by atoms with E-state index in [0.29, 0.717) is 35.4 Å². The van der Waals surface area contributed by atoms with Gasteiger partial charge in [-0.05, 0) is 105 Å². The van der Waals surface area contributed by atoms with Crippen molar-refractivity contribution in [2.45, 2.75) is 88.2 Å². The Balaban J connectivity index is 1.35. The van der Waals surface area contributed by atoms with E-state index in [-0.39, 0.29) is 42.4 Å². The Morgan fingerprint density at radius 3 is 2.76 bits per heavy atom. The molecule has 1 aromatic rings. The van der Waals surface area contributed by atoms with Gasteiger partial charge in [-0.25, -0.2) is 4.99 Å². The number of amidine groups is 1. The minimum absolute atomic E-state index is 0.0342. The zero-order chi connectivity index (χ0) is 29.8. The van der Waals surface area contributed by atoms with Crippen LogP contribution in [0.1, 0.15) is 73.4 Å². The first-order valence-corrected chi connectivity index (χ1v) is 15.2. The first kappa shape index (κ1) is 28.6. The minimum atomic E-state index is -1.08. The third-order valence-corrected chi connectivity index (χ3v) is 10.6. The van der Waals surface area contributed by atoms with Gasteiger partial charge in [-0.2, -0.15) is 10.7 Å². The van der Waals surface area contributed by atoms with Crippen LogP contribution in [-0.4, -0.2) is 58.7 Å². The van der Waals surface area contributed by atoms with Gasteiger partial charge in [0.15, 0.2) is 0 Å². The predicted molar refractivity (Wildman–Crippen MR) is 157 cm³/mol. The van der Waals surface area contributed by atoms with E-state index in [1.165, 1.54) is 0 Å². The van der Waals surface area contributed by atoms with Crippen molar-refractivity contribution < 1.29 is 14.7 Å². The third kappa shape index (κ3) is 4.95. The van der Waals surface area contributed by atoms with Crippen molar-refractivity contribution in [3.8, 4) is 6.07 Å². The molecule has 6 unspecified atom stereocenters. The Morgan fingerprint density at radius 1 is 1.26 bits per heavy atom. The fourth-order valence-corrected chi connectivity index (χ4v) is 8.54. The number of piperidine rings is 1. The van der Waals surface area contributed by atoms with Crippen LogP contribution < -0.4 is 27.6 Å². The molecule has 0 radical (unpaired) electrons. The summed E-state index contributed by atoms with van der Waals surface area (Å²) in [7, 11) is 0. The van der Waals surface area contributed by atoms with Crippen LogP contribution in [-0.2, 0) is 16.6 Å². The van der Waals surface area contributed by atoms with Gasteiger partial charge in [0.25, 0.3) is 0 Å². The van der Waals surface area contributed by atoms with E-state index < -0.39 is 17.7 Å². The maximum absolute atomic E-state index is 13.3. The number of hydrazine groups is 1. The third-order valence-electron chi connectivity index (χ3n) is 10.6. The molecule has 11 nitrogen and oxygen atoms in total. The smallest absolute Gasteiger partial charge is 0.248 e. The molecule has 9 atom stereocenters. The van der Waals surface area contributed by atoms with E-state index in [2.05, 4.69) is 40.7 Å². The predicted octanol–water partition coefficient (Wildman–Crippen LogP) is 1.14. The lowest BCUT2D eigenvalue weighted by atomic mass is 9.56. The highest BCUT2D eigenvalue weighted by Crippen LogP contribution is 2.54. The summed E-state index contributed by atoms with van der Waals surface area (Å²) in [5, 5.41) is 23.5. The van der Waals surface area contributed by atoms with Gasteiger partial charge >= 0.3 is 0 Å². The fourth-order valence-electron chi connectivity index (χ4n) is 8.54. The summed E-state index contributed by atoms with van der Waals surface area (Å²) in [5.74, 6) is 1.33. The molecular formula is C31H42N8O3. The normalized spacial score (nSPS) is 35.4. The number of hydrogen-bond acceptors (Lipinski definition) is 9. The first-order valence-electron chi connectivity index (χ1n) is 15.2. The van der Waals surface area contributed by atoms with Gasteiger partial charge in [-0.1, -0.05) is 12.6 Å². The molecule has 5 aliphatic rings. The Bertz CT molecular complexity index is 1360. The van der Waals surface area contributed by atoms with Crippen LogP contribution in [0.4, 0.5) is 0 Å². The molecule has 224 valence electrons. The number of primary amides is 1. The van der Waals surface area contributed by atoms with Gasteiger partial charge in [0, 0.05) is 23.3 Å². The van der Waals surface area contributed by atoms with Crippen molar-refractivity contribution in [1.29, 1.82) is 5.26 Å². The summed E-state index contributed by atoms with van der Waals surface area (Å²) < 4.78 is 0. The number of rotatable bonds is 8. The SMILES string of the molecule is C=C(N)C1CCC2C(CCc3cc(C(N)=O)ccc3C2(C[C@H](C)NCC(=O)N2C(C#N)C[C@@H]3C[C@@H]32)C2=NC(O)NN2)C1. The molecule has 1 saturated heterocycles. The average Bonchev–Trinajstić information content (AvgIpc) is 3.46. The summed E-state index contributed by atoms with van der Waals surface area (Å²) in [5.41, 5.74) is 20.6. The van der Waals surface area contributed by atoms with E-state index >= 15 is 0 Å². The Labute approximate surface area is 246 Å². The van der Waals surface area contributed by atoms with Crippen LogP contribution in [0.3, 0.4) is 0 Å². The number of carbonyl (C=O) groups is 2. The van der Waals surface area contributed by atoms with Gasteiger partial charge in [-0.3, -0.25) is 9.59 Å². The second kappa shape index (κ2) is 11.0. The van der Waals surface area contributed by atoms with Crippen molar-refractivity contribution in [2.75, 3.05) is 6.54 Å². The van der Waals surface area contributed by atoms with Gasteiger partial charge < -0.3 is 32.2 Å². The molecule has 0 spiro atoms. The summed E-state index contributed by atoms with van der Waals surface area (Å²) in [6.07, 6.45) is 5.70. The number of fused-ring (bicyclic) bond motifs is 3. The standard InChI is InChI=1S/C31H42N8O3/c1-16(35-15-27(40)39-23(14-32)11-22-12-26(22)39)13-31(29-36-30(42)38-37-29)24-7-5-18(17(2)33)9-19(24)3-4-20-10-21(28(34)41)6-8-25(20)31/h6,8,10,16,18-19,22-24,26,30,35,38,42H,2-5,7,9,11-13,15,33H2,1H3,(H2,34,41)(H,36,37)/t16-,18?,19?,22+,23?,24?,26-,30?,31?/m0/s1. The minimum Gasteiger partial charge on any atom is -0.402 e. The molecule has 3 aliphatic carbocycles. The summed E-state index contributed by atoms with van der Waals surface area (Å²) in [6, 6.07) is 7.76. The second-order valence-electron chi connectivity index (χ2n) is 13.0. The lowest BCUT2D eigenvalue weighted by molar-refractivity contribution is -0.131. The molecule has 6 rings (SSSR count). The van der Waals surface area contributed by atoms with Crippen molar-refractivity contribution in [3.05, 3.63) is 47.2 Å². The number of amides is 2. The number of aliphatic imine (C=N–C) groups is 1. The number of aliphatic hydroxyl groups is 1. The van der Waals surface area contributed by atoms with Gasteiger partial charge in [-0.15, -0.1) is 0 Å². The molecule has 1 aromatic carbocycles. The van der Waals surface area contributed by atoms with Gasteiger partial charge in [0.1, 0.15) is 11.9 Å². The van der Waals surface area contributed by atoms with E-state index in [1.54, 1.807) is 11.0 Å². The molecule has 2 heterocycles. The lowest BCUT2D eigenvalue weighted by Crippen LogP contribution is -2.56. The van der Waals surface area contributed by atoms with E-state index in [0.717, 1.165) is 56.1 Å². The molecule has 2 amide bonds. The number of nitrogens with two attached hydrogens (primary N) is 2. The highest BCUT2D eigenvalue weighted by Gasteiger charge is 2.55. The average molecular weight is 575 g/mol. The zero-order valence-electron chi connectivity index (χ0n) is 24.2. The molecular weight excluding hydrogens is 532 g/mol. The number of carbonyl (C=O) groups excluding carboxylic acids is 2. The Kier molecular flexibility index (Phi) is 7.50. The number of allylic oxidation sites excluding steroid dienone is 1. The highest BCUT2D eigenvalue weighted by atomic mass is 16.3. The maximum atomic E-state index is 13.3. The molecule has 0 aromatic heterocycles. The van der Waals surface area contributed by atoms with Crippen molar-refractivity contribution >= 4 is 17.6 Å². The van der Waals surface area contributed by atoms with Gasteiger partial charge in [0.05, 0.1) is 18.0 Å². The van der Waals surface area contributed by atoms with Crippen molar-refractivity contribution in [2.24, 2.45) is 40.1 Å². The number of hydrogen-bond donors (Lipinski definition) is 6. The van der Waals surface area contributed by atoms with Crippen LogP contribution in [0.2, 0.25) is 0 Å². The molecule has 2 aliphatic heterocycles. The molecule has 11 heteroatoms. The van der Waals surface area contributed by atoms with Crippen molar-refractivity contribution in [1.82, 2.24) is 21.1 Å². The molecule has 2 saturated carbocycles. The number of nitrogens with one attached hydrogen (secondary N) is 3. The fraction of sp³-hybridized carbons (Fsp3) is 0.613. The number of aryl methyl sites for hydroxylation is 1. The Hall–Kier alpha value is -3.46. The topological polar surface area (TPSA) is 182 Å². The van der Waals surface area contributed by atoms with Crippen LogP contribution in [0.25, 0.3) is 0 Å². The van der Waals surface area contributed by atoms with E-state index in [9.17, 15) is 20.0 Å². The molecule has 42 heavy (non-hydrogen) atoms. The summed E-state index contributed by atoms with van der Waals surface area (Å²) >= 11 is 0. The highest BCUT2D eigenvalue weighted by molar-refractivity contribution is 5.96.